The quantitative estimate of drug-likeness (QED) is 0.824. The van der Waals surface area contributed by atoms with E-state index in [1.54, 1.807) is 12.1 Å². The Hall–Kier alpha value is -1.48. The van der Waals surface area contributed by atoms with Crippen LogP contribution in [0.15, 0.2) is 24.3 Å². The number of ether oxygens (including phenoxy) is 1. The smallest absolute Gasteiger partial charge is 0.279 e. The summed E-state index contributed by atoms with van der Waals surface area (Å²) >= 11 is 0. The zero-order valence-corrected chi connectivity index (χ0v) is 16.9. The lowest BCUT2D eigenvalue weighted by Crippen LogP contribution is -2.51. The Morgan fingerprint density at radius 1 is 1.07 bits per heavy atom. The third-order valence-corrected chi connectivity index (χ3v) is 6.52. The molecule has 2 saturated heterocycles. The number of hydrogen-bond donors (Lipinski definition) is 1. The molecule has 0 saturated carbocycles. The van der Waals surface area contributed by atoms with E-state index in [0.717, 1.165) is 31.5 Å². The van der Waals surface area contributed by atoms with Crippen LogP contribution < -0.4 is 4.72 Å². The van der Waals surface area contributed by atoms with Crippen LogP contribution in [0.1, 0.15) is 49.0 Å². The highest BCUT2D eigenvalue weighted by Gasteiger charge is 2.30. The van der Waals surface area contributed by atoms with Gasteiger partial charge in [-0.2, -0.15) is 17.4 Å². The molecule has 27 heavy (non-hydrogen) atoms. The Bertz CT molecular complexity index is 735. The van der Waals surface area contributed by atoms with Crippen LogP contribution in [0.5, 0.6) is 0 Å². The van der Waals surface area contributed by atoms with E-state index in [1.807, 2.05) is 30.9 Å². The third kappa shape index (κ3) is 5.28. The monoisotopic (exact) mass is 395 g/mol. The molecule has 1 aromatic rings. The summed E-state index contributed by atoms with van der Waals surface area (Å²) in [6.45, 7) is 6.27. The summed E-state index contributed by atoms with van der Waals surface area (Å²) in [5.74, 6) is 0.0538. The number of carbonyl (C=O) groups excluding carboxylic acids is 1. The van der Waals surface area contributed by atoms with Gasteiger partial charge in [0.15, 0.2) is 0 Å². The minimum absolute atomic E-state index is 0.0538. The van der Waals surface area contributed by atoms with Crippen molar-refractivity contribution < 1.29 is 17.9 Å². The number of rotatable bonds is 5. The molecule has 1 amide bonds. The molecule has 150 valence electrons. The minimum atomic E-state index is -3.56. The Labute approximate surface area is 161 Å². The number of carbonyl (C=O) groups is 1. The van der Waals surface area contributed by atoms with Crippen molar-refractivity contribution in [3.8, 4) is 0 Å². The van der Waals surface area contributed by atoms with Gasteiger partial charge in [0.05, 0.1) is 12.2 Å². The Morgan fingerprint density at radius 2 is 1.67 bits per heavy atom. The fraction of sp³-hybridized carbons (Fsp3) is 0.632. The maximum absolute atomic E-state index is 12.5. The van der Waals surface area contributed by atoms with Crippen LogP contribution in [-0.4, -0.2) is 61.9 Å². The molecule has 2 aliphatic heterocycles. The maximum atomic E-state index is 12.5. The molecule has 1 aromatic carbocycles. The molecule has 0 bridgehead atoms. The van der Waals surface area contributed by atoms with E-state index in [1.165, 1.54) is 10.7 Å². The molecule has 2 aliphatic rings. The van der Waals surface area contributed by atoms with Crippen LogP contribution >= 0.6 is 0 Å². The molecular formula is C19H29N3O4S. The van der Waals surface area contributed by atoms with Gasteiger partial charge in [0.2, 0.25) is 0 Å². The second-order valence-corrected chi connectivity index (χ2v) is 9.21. The lowest BCUT2D eigenvalue weighted by molar-refractivity contribution is -0.0444. The van der Waals surface area contributed by atoms with Crippen molar-refractivity contribution in [1.82, 2.24) is 13.9 Å². The van der Waals surface area contributed by atoms with Crippen molar-refractivity contribution >= 4 is 16.1 Å². The number of nitrogens with zero attached hydrogens (tertiary/aromatic N) is 2. The fourth-order valence-electron chi connectivity index (χ4n) is 3.64. The summed E-state index contributed by atoms with van der Waals surface area (Å²) in [7, 11) is -3.56. The second kappa shape index (κ2) is 8.68. The number of benzene rings is 1. The molecule has 0 unspecified atom stereocenters. The van der Waals surface area contributed by atoms with E-state index < -0.39 is 10.2 Å². The SMILES string of the molecule is C[C@H]1CN(S(=O)(=O)NCc2ccc(C(=O)N3CCCCC3)cc2)C[C@H](C)O1. The number of amides is 1. The molecule has 0 aliphatic carbocycles. The average Bonchev–Trinajstić information content (AvgIpc) is 2.66. The second-order valence-electron chi connectivity index (χ2n) is 7.45. The first-order chi connectivity index (χ1) is 12.8. The minimum Gasteiger partial charge on any atom is -0.373 e. The lowest BCUT2D eigenvalue weighted by atomic mass is 10.1. The van der Waals surface area contributed by atoms with Gasteiger partial charge in [0, 0.05) is 38.3 Å². The van der Waals surface area contributed by atoms with E-state index >= 15 is 0 Å². The van der Waals surface area contributed by atoms with Crippen LogP contribution in [0.25, 0.3) is 0 Å². The fourth-order valence-corrected chi connectivity index (χ4v) is 4.98. The molecule has 2 atom stereocenters. The summed E-state index contributed by atoms with van der Waals surface area (Å²) in [6.07, 6.45) is 3.06. The topological polar surface area (TPSA) is 79.0 Å². The zero-order valence-electron chi connectivity index (χ0n) is 16.1. The average molecular weight is 396 g/mol. The summed E-state index contributed by atoms with van der Waals surface area (Å²) in [5, 5.41) is 0. The van der Waals surface area contributed by atoms with Crippen LogP contribution in [-0.2, 0) is 21.5 Å². The first-order valence-corrected chi connectivity index (χ1v) is 11.1. The molecule has 0 aromatic heterocycles. The molecule has 0 radical (unpaired) electrons. The maximum Gasteiger partial charge on any atom is 0.279 e. The van der Waals surface area contributed by atoms with Crippen LogP contribution in [0, 0.1) is 0 Å². The highest BCUT2D eigenvalue weighted by molar-refractivity contribution is 7.87. The van der Waals surface area contributed by atoms with Gasteiger partial charge in [-0.25, -0.2) is 0 Å². The first kappa shape index (κ1) is 20.3. The van der Waals surface area contributed by atoms with Crippen LogP contribution in [0.2, 0.25) is 0 Å². The van der Waals surface area contributed by atoms with Gasteiger partial charge in [-0.05, 0) is 50.8 Å². The van der Waals surface area contributed by atoms with E-state index in [0.29, 0.717) is 18.7 Å². The van der Waals surface area contributed by atoms with Crippen molar-refractivity contribution in [1.29, 1.82) is 0 Å². The molecule has 2 fully saturated rings. The zero-order chi connectivity index (χ0) is 19.4. The van der Waals surface area contributed by atoms with E-state index in [9.17, 15) is 13.2 Å². The lowest BCUT2D eigenvalue weighted by Gasteiger charge is -2.34. The van der Waals surface area contributed by atoms with Crippen LogP contribution in [0.4, 0.5) is 0 Å². The molecule has 0 spiro atoms. The number of morpholine rings is 1. The normalized spacial score (nSPS) is 24.7. The van der Waals surface area contributed by atoms with Gasteiger partial charge in [0.25, 0.3) is 16.1 Å². The molecule has 7 nitrogen and oxygen atoms in total. The van der Waals surface area contributed by atoms with Crippen molar-refractivity contribution in [3.63, 3.8) is 0 Å². The number of hydrogen-bond acceptors (Lipinski definition) is 4. The molecule has 3 rings (SSSR count). The number of likely N-dealkylation sites (tertiary alicyclic amines) is 1. The van der Waals surface area contributed by atoms with Crippen molar-refractivity contribution in [2.24, 2.45) is 0 Å². The Balaban J connectivity index is 1.57. The molecular weight excluding hydrogens is 366 g/mol. The number of nitrogens with one attached hydrogen (secondary N) is 1. The highest BCUT2D eigenvalue weighted by atomic mass is 32.2. The Kier molecular flexibility index (Phi) is 6.52. The standard InChI is InChI=1S/C19H29N3O4S/c1-15-13-22(14-16(2)26-15)27(24,25)20-12-17-6-8-18(9-7-17)19(23)21-10-4-3-5-11-21/h6-9,15-16,20H,3-5,10-14H2,1-2H3/t15-,16-/m0/s1. The van der Waals surface area contributed by atoms with Gasteiger partial charge in [-0.15, -0.1) is 0 Å². The largest absolute Gasteiger partial charge is 0.373 e. The van der Waals surface area contributed by atoms with E-state index in [2.05, 4.69) is 4.72 Å². The van der Waals surface area contributed by atoms with Gasteiger partial charge < -0.3 is 9.64 Å². The van der Waals surface area contributed by atoms with Gasteiger partial charge in [0.1, 0.15) is 0 Å². The summed E-state index contributed by atoms with van der Waals surface area (Å²) < 4.78 is 34.7. The Morgan fingerprint density at radius 3 is 2.26 bits per heavy atom. The first-order valence-electron chi connectivity index (χ1n) is 9.63. The van der Waals surface area contributed by atoms with Crippen LogP contribution in [0.3, 0.4) is 0 Å². The molecule has 8 heteroatoms. The summed E-state index contributed by atoms with van der Waals surface area (Å²) in [5.41, 5.74) is 1.47. The molecule has 2 heterocycles. The predicted octanol–water partition coefficient (Wildman–Crippen LogP) is 1.76. The van der Waals surface area contributed by atoms with E-state index in [4.69, 9.17) is 4.74 Å². The number of piperidine rings is 1. The van der Waals surface area contributed by atoms with Gasteiger partial charge in [-0.1, -0.05) is 12.1 Å². The molecule has 1 N–H and O–H groups in total. The van der Waals surface area contributed by atoms with Crippen molar-refractivity contribution in [3.05, 3.63) is 35.4 Å². The summed E-state index contributed by atoms with van der Waals surface area (Å²) in [6, 6.07) is 7.17. The van der Waals surface area contributed by atoms with E-state index in [-0.39, 0.29) is 24.7 Å². The predicted molar refractivity (Wildman–Crippen MR) is 104 cm³/mol. The summed E-state index contributed by atoms with van der Waals surface area (Å²) in [4.78, 5) is 14.4. The van der Waals surface area contributed by atoms with Crippen molar-refractivity contribution in [2.45, 2.75) is 51.9 Å². The third-order valence-electron chi connectivity index (χ3n) is 5.03. The highest BCUT2D eigenvalue weighted by Crippen LogP contribution is 2.16. The van der Waals surface area contributed by atoms with Gasteiger partial charge >= 0.3 is 0 Å². The van der Waals surface area contributed by atoms with Crippen molar-refractivity contribution in [2.75, 3.05) is 26.2 Å². The van der Waals surface area contributed by atoms with Gasteiger partial charge in [-0.3, -0.25) is 4.79 Å².